The summed E-state index contributed by atoms with van der Waals surface area (Å²) in [5.41, 5.74) is 2.34. The molecule has 1 rings (SSSR count). The number of aromatic nitrogens is 1. The standard InChI is InChI=1S/C15H26N2O/c1-5-8-16-15(9-12(2)11-18-4)14-7-6-13(3)17-10-14/h6-7,10,12,15-16H,5,8-9,11H2,1-4H3. The van der Waals surface area contributed by atoms with E-state index in [1.165, 1.54) is 5.56 Å². The van der Waals surface area contributed by atoms with Gasteiger partial charge in [-0.15, -0.1) is 0 Å². The van der Waals surface area contributed by atoms with E-state index in [1.54, 1.807) is 7.11 Å². The third-order valence-corrected chi connectivity index (χ3v) is 3.07. The molecule has 3 nitrogen and oxygen atoms in total. The molecule has 0 radical (unpaired) electrons. The molecule has 18 heavy (non-hydrogen) atoms. The zero-order valence-corrected chi connectivity index (χ0v) is 12.1. The number of ether oxygens (including phenoxy) is 1. The van der Waals surface area contributed by atoms with Gasteiger partial charge in [-0.25, -0.2) is 0 Å². The van der Waals surface area contributed by atoms with Crippen LogP contribution in [0.15, 0.2) is 18.3 Å². The molecule has 0 fully saturated rings. The van der Waals surface area contributed by atoms with Crippen LogP contribution >= 0.6 is 0 Å². The predicted octanol–water partition coefficient (Wildman–Crippen LogP) is 3.10. The second-order valence-electron chi connectivity index (χ2n) is 5.04. The molecule has 1 N–H and O–H groups in total. The SMILES string of the molecule is CCCNC(CC(C)COC)c1ccc(C)nc1. The van der Waals surface area contributed by atoms with Crippen LogP contribution in [0.4, 0.5) is 0 Å². The van der Waals surface area contributed by atoms with Gasteiger partial charge in [-0.1, -0.05) is 19.9 Å². The molecular formula is C15H26N2O. The maximum Gasteiger partial charge on any atom is 0.0488 e. The Morgan fingerprint density at radius 3 is 2.72 bits per heavy atom. The van der Waals surface area contributed by atoms with E-state index in [0.29, 0.717) is 12.0 Å². The fourth-order valence-electron chi connectivity index (χ4n) is 2.10. The van der Waals surface area contributed by atoms with Crippen molar-refractivity contribution < 1.29 is 4.74 Å². The van der Waals surface area contributed by atoms with Crippen LogP contribution in [0.2, 0.25) is 0 Å². The summed E-state index contributed by atoms with van der Waals surface area (Å²) in [6.07, 6.45) is 4.22. The Kier molecular flexibility index (Phi) is 6.91. The minimum absolute atomic E-state index is 0.378. The van der Waals surface area contributed by atoms with Crippen molar-refractivity contribution >= 4 is 0 Å². The number of hydrogen-bond acceptors (Lipinski definition) is 3. The summed E-state index contributed by atoms with van der Waals surface area (Å²) in [7, 11) is 1.76. The first-order valence-electron chi connectivity index (χ1n) is 6.82. The highest BCUT2D eigenvalue weighted by molar-refractivity contribution is 5.17. The van der Waals surface area contributed by atoms with Gasteiger partial charge >= 0.3 is 0 Å². The van der Waals surface area contributed by atoms with Crippen LogP contribution < -0.4 is 5.32 Å². The molecule has 1 aromatic heterocycles. The lowest BCUT2D eigenvalue weighted by molar-refractivity contribution is 0.149. The third-order valence-electron chi connectivity index (χ3n) is 3.07. The van der Waals surface area contributed by atoms with Crippen LogP contribution in [0.1, 0.15) is 44.0 Å². The second-order valence-corrected chi connectivity index (χ2v) is 5.04. The Hall–Kier alpha value is -0.930. The minimum Gasteiger partial charge on any atom is -0.384 e. The van der Waals surface area contributed by atoms with E-state index < -0.39 is 0 Å². The third kappa shape index (κ3) is 5.15. The first-order chi connectivity index (χ1) is 8.67. The molecule has 2 unspecified atom stereocenters. The largest absolute Gasteiger partial charge is 0.384 e. The average Bonchev–Trinajstić information content (AvgIpc) is 2.36. The van der Waals surface area contributed by atoms with Gasteiger partial charge in [0.2, 0.25) is 0 Å². The Labute approximate surface area is 111 Å². The Bertz CT molecular complexity index is 324. The van der Waals surface area contributed by atoms with E-state index in [1.807, 2.05) is 13.1 Å². The molecule has 0 aliphatic rings. The number of rotatable bonds is 8. The van der Waals surface area contributed by atoms with Crippen LogP contribution in [-0.4, -0.2) is 25.2 Å². The summed E-state index contributed by atoms with van der Waals surface area (Å²) >= 11 is 0. The van der Waals surface area contributed by atoms with Gasteiger partial charge in [0.05, 0.1) is 0 Å². The first kappa shape index (κ1) is 15.1. The van der Waals surface area contributed by atoms with Crippen LogP contribution in [0.25, 0.3) is 0 Å². The van der Waals surface area contributed by atoms with Crippen LogP contribution in [0, 0.1) is 12.8 Å². The van der Waals surface area contributed by atoms with E-state index in [2.05, 4.69) is 36.3 Å². The van der Waals surface area contributed by atoms with Crippen molar-refractivity contribution in [3.8, 4) is 0 Å². The van der Waals surface area contributed by atoms with E-state index in [-0.39, 0.29) is 0 Å². The predicted molar refractivity (Wildman–Crippen MR) is 75.7 cm³/mol. The second kappa shape index (κ2) is 8.22. The van der Waals surface area contributed by atoms with Gasteiger partial charge in [0.25, 0.3) is 0 Å². The topological polar surface area (TPSA) is 34.1 Å². The van der Waals surface area contributed by atoms with Crippen molar-refractivity contribution in [2.75, 3.05) is 20.3 Å². The molecule has 0 amide bonds. The lowest BCUT2D eigenvalue weighted by Gasteiger charge is -2.22. The number of hydrogen-bond donors (Lipinski definition) is 1. The van der Waals surface area contributed by atoms with Crippen molar-refractivity contribution in [3.63, 3.8) is 0 Å². The maximum absolute atomic E-state index is 5.22. The zero-order valence-electron chi connectivity index (χ0n) is 12.1. The lowest BCUT2D eigenvalue weighted by Crippen LogP contribution is -2.25. The molecule has 0 bridgehead atoms. The summed E-state index contributed by atoms with van der Waals surface area (Å²) in [4.78, 5) is 4.39. The molecule has 102 valence electrons. The van der Waals surface area contributed by atoms with E-state index in [9.17, 15) is 0 Å². The first-order valence-corrected chi connectivity index (χ1v) is 6.82. The molecule has 1 aromatic rings. The molecule has 1 heterocycles. The maximum atomic E-state index is 5.22. The summed E-state index contributed by atoms with van der Waals surface area (Å²) in [6.45, 7) is 8.29. The quantitative estimate of drug-likeness (QED) is 0.770. The zero-order chi connectivity index (χ0) is 13.4. The number of methoxy groups -OCH3 is 1. The molecule has 0 spiro atoms. The van der Waals surface area contributed by atoms with Gasteiger partial charge in [-0.3, -0.25) is 4.98 Å². The van der Waals surface area contributed by atoms with Crippen molar-refractivity contribution in [2.45, 2.75) is 39.7 Å². The Balaban J connectivity index is 2.67. The van der Waals surface area contributed by atoms with Gasteiger partial charge < -0.3 is 10.1 Å². The number of nitrogens with zero attached hydrogens (tertiary/aromatic N) is 1. The summed E-state index contributed by atoms with van der Waals surface area (Å²) in [5.74, 6) is 0.547. The van der Waals surface area contributed by atoms with E-state index >= 15 is 0 Å². The van der Waals surface area contributed by atoms with Crippen LogP contribution in [0.3, 0.4) is 0 Å². The van der Waals surface area contributed by atoms with Crippen molar-refractivity contribution in [2.24, 2.45) is 5.92 Å². The molecule has 0 aliphatic carbocycles. The van der Waals surface area contributed by atoms with Gasteiger partial charge in [0, 0.05) is 31.6 Å². The average molecular weight is 250 g/mol. The highest BCUT2D eigenvalue weighted by Crippen LogP contribution is 2.21. The fourth-order valence-corrected chi connectivity index (χ4v) is 2.10. The van der Waals surface area contributed by atoms with Crippen LogP contribution in [-0.2, 0) is 4.74 Å². The van der Waals surface area contributed by atoms with E-state index in [4.69, 9.17) is 4.74 Å². The normalized spacial score (nSPS) is 14.4. The fraction of sp³-hybridized carbons (Fsp3) is 0.667. The number of aryl methyl sites for hydroxylation is 1. The van der Waals surface area contributed by atoms with Gasteiger partial charge in [-0.2, -0.15) is 0 Å². The molecular weight excluding hydrogens is 224 g/mol. The molecule has 0 saturated carbocycles. The summed E-state index contributed by atoms with van der Waals surface area (Å²) in [5, 5.41) is 3.60. The van der Waals surface area contributed by atoms with Crippen molar-refractivity contribution in [1.29, 1.82) is 0 Å². The molecule has 3 heteroatoms. The highest BCUT2D eigenvalue weighted by atomic mass is 16.5. The van der Waals surface area contributed by atoms with E-state index in [0.717, 1.165) is 31.7 Å². The molecule has 2 atom stereocenters. The monoisotopic (exact) mass is 250 g/mol. The highest BCUT2D eigenvalue weighted by Gasteiger charge is 2.14. The molecule has 0 aliphatic heterocycles. The van der Waals surface area contributed by atoms with Gasteiger partial charge in [0.15, 0.2) is 0 Å². The summed E-state index contributed by atoms with van der Waals surface area (Å²) in [6, 6.07) is 4.63. The molecule has 0 saturated heterocycles. The Morgan fingerprint density at radius 1 is 1.39 bits per heavy atom. The smallest absolute Gasteiger partial charge is 0.0488 e. The van der Waals surface area contributed by atoms with Crippen LogP contribution in [0.5, 0.6) is 0 Å². The lowest BCUT2D eigenvalue weighted by atomic mass is 9.97. The summed E-state index contributed by atoms with van der Waals surface area (Å²) < 4.78 is 5.22. The Morgan fingerprint density at radius 2 is 2.17 bits per heavy atom. The minimum atomic E-state index is 0.378. The van der Waals surface area contributed by atoms with Crippen molar-refractivity contribution in [3.05, 3.63) is 29.6 Å². The molecule has 0 aromatic carbocycles. The van der Waals surface area contributed by atoms with Crippen molar-refractivity contribution in [1.82, 2.24) is 10.3 Å². The number of pyridine rings is 1. The van der Waals surface area contributed by atoms with Gasteiger partial charge in [0.1, 0.15) is 0 Å². The van der Waals surface area contributed by atoms with Gasteiger partial charge in [-0.05, 0) is 43.9 Å². The number of nitrogens with one attached hydrogen (secondary N) is 1.